The maximum atomic E-state index is 12.3. The van der Waals surface area contributed by atoms with Crippen molar-refractivity contribution in [3.8, 4) is 11.3 Å². The number of carbonyl (C=O) groups excluding carboxylic acids is 1. The van der Waals surface area contributed by atoms with Gasteiger partial charge >= 0.3 is 0 Å². The molecular weight excluding hydrogens is 414 g/mol. The summed E-state index contributed by atoms with van der Waals surface area (Å²) >= 11 is 1.27. The van der Waals surface area contributed by atoms with Crippen LogP contribution in [0.5, 0.6) is 0 Å². The number of benzene rings is 2. The van der Waals surface area contributed by atoms with E-state index in [1.54, 1.807) is 30.3 Å². The zero-order valence-corrected chi connectivity index (χ0v) is 17.7. The van der Waals surface area contributed by atoms with Crippen LogP contribution < -0.4 is 5.32 Å². The van der Waals surface area contributed by atoms with Crippen LogP contribution in [0.1, 0.15) is 22.5 Å². The van der Waals surface area contributed by atoms with Crippen LogP contribution in [-0.2, 0) is 11.3 Å². The van der Waals surface area contributed by atoms with Gasteiger partial charge < -0.3 is 9.73 Å². The summed E-state index contributed by atoms with van der Waals surface area (Å²) in [6, 6.07) is 15.9. The van der Waals surface area contributed by atoms with Gasteiger partial charge in [-0.05, 0) is 55.4 Å². The molecule has 1 saturated heterocycles. The molecule has 2 heterocycles. The molecule has 1 amide bonds. The molecule has 1 aromatic heterocycles. The molecule has 0 unspecified atom stereocenters. The number of rotatable bonds is 5. The van der Waals surface area contributed by atoms with Crippen LogP contribution in [0.2, 0.25) is 0 Å². The van der Waals surface area contributed by atoms with Crippen molar-refractivity contribution in [3.05, 3.63) is 92.1 Å². The number of carbonyl (C=O) groups is 1. The van der Waals surface area contributed by atoms with Crippen molar-refractivity contribution in [1.82, 2.24) is 5.32 Å². The number of non-ortho nitro benzene ring substituents is 1. The van der Waals surface area contributed by atoms with Gasteiger partial charge in [-0.1, -0.05) is 29.3 Å². The van der Waals surface area contributed by atoms with Gasteiger partial charge in [-0.3, -0.25) is 19.9 Å². The number of nitrogens with one attached hydrogen (secondary N) is 1. The van der Waals surface area contributed by atoms with Crippen molar-refractivity contribution in [1.29, 1.82) is 0 Å². The highest BCUT2D eigenvalue weighted by Crippen LogP contribution is 2.29. The Kier molecular flexibility index (Phi) is 5.73. The van der Waals surface area contributed by atoms with Crippen molar-refractivity contribution in [2.45, 2.75) is 20.4 Å². The first-order valence-electron chi connectivity index (χ1n) is 9.54. The van der Waals surface area contributed by atoms with E-state index in [4.69, 9.17) is 4.42 Å². The van der Waals surface area contributed by atoms with Crippen LogP contribution in [0.25, 0.3) is 17.4 Å². The van der Waals surface area contributed by atoms with Crippen LogP contribution in [0.15, 0.2) is 68.9 Å². The molecular formula is C23H19N3O4S. The number of thioether (sulfide) groups is 1. The number of hydrogen-bond acceptors (Lipinski definition) is 6. The van der Waals surface area contributed by atoms with E-state index >= 15 is 0 Å². The van der Waals surface area contributed by atoms with Gasteiger partial charge in [0, 0.05) is 23.8 Å². The number of nitrogens with zero attached hydrogens (tertiary/aromatic N) is 2. The zero-order valence-electron chi connectivity index (χ0n) is 16.9. The van der Waals surface area contributed by atoms with Crippen LogP contribution >= 0.6 is 11.8 Å². The summed E-state index contributed by atoms with van der Waals surface area (Å²) in [5, 5.41) is 14.1. The van der Waals surface area contributed by atoms with Gasteiger partial charge in [0.2, 0.25) is 0 Å². The summed E-state index contributed by atoms with van der Waals surface area (Å²) in [5.74, 6) is 0.855. The number of aryl methyl sites for hydroxylation is 2. The predicted octanol–water partition coefficient (Wildman–Crippen LogP) is 5.23. The molecule has 0 spiro atoms. The number of furan rings is 1. The second-order valence-electron chi connectivity index (χ2n) is 7.19. The molecule has 0 atom stereocenters. The molecule has 0 radical (unpaired) electrons. The first-order valence-corrected chi connectivity index (χ1v) is 10.4. The second kappa shape index (κ2) is 8.61. The molecule has 3 aromatic rings. The molecule has 2 aromatic carbocycles. The Balaban J connectivity index is 1.47. The highest BCUT2D eigenvalue weighted by Gasteiger charge is 2.24. The quantitative estimate of drug-likeness (QED) is 0.337. The third-order valence-corrected chi connectivity index (χ3v) is 5.55. The van der Waals surface area contributed by atoms with Crippen molar-refractivity contribution in [2.75, 3.05) is 0 Å². The number of hydrogen-bond donors (Lipinski definition) is 1. The Bertz CT molecular complexity index is 1210. The van der Waals surface area contributed by atoms with Crippen molar-refractivity contribution in [3.63, 3.8) is 0 Å². The fourth-order valence-electron chi connectivity index (χ4n) is 3.29. The summed E-state index contributed by atoms with van der Waals surface area (Å²) < 4.78 is 5.79. The van der Waals surface area contributed by atoms with E-state index in [2.05, 4.69) is 28.5 Å². The molecule has 156 valence electrons. The van der Waals surface area contributed by atoms with E-state index < -0.39 is 4.92 Å². The first kappa shape index (κ1) is 20.6. The third kappa shape index (κ3) is 4.92. The van der Waals surface area contributed by atoms with Gasteiger partial charge in [0.05, 0.1) is 16.4 Å². The Hall–Kier alpha value is -3.65. The Morgan fingerprint density at radius 2 is 1.81 bits per heavy atom. The van der Waals surface area contributed by atoms with E-state index in [-0.39, 0.29) is 11.6 Å². The highest BCUT2D eigenvalue weighted by molar-refractivity contribution is 8.18. The van der Waals surface area contributed by atoms with E-state index in [1.165, 1.54) is 35.0 Å². The summed E-state index contributed by atoms with van der Waals surface area (Å²) in [6.45, 7) is 4.58. The fraction of sp³-hybridized carbons (Fsp3) is 0.130. The molecule has 7 nitrogen and oxygen atoms in total. The number of amides is 1. The van der Waals surface area contributed by atoms with Crippen LogP contribution in [-0.4, -0.2) is 16.0 Å². The molecule has 0 saturated carbocycles. The molecule has 1 fully saturated rings. The van der Waals surface area contributed by atoms with Crippen molar-refractivity contribution in [2.24, 2.45) is 4.99 Å². The van der Waals surface area contributed by atoms with Gasteiger partial charge in [-0.15, -0.1) is 0 Å². The molecule has 1 N–H and O–H groups in total. The van der Waals surface area contributed by atoms with Gasteiger partial charge in [-0.25, -0.2) is 0 Å². The van der Waals surface area contributed by atoms with Gasteiger partial charge in [0.25, 0.3) is 11.6 Å². The third-order valence-electron chi connectivity index (χ3n) is 4.60. The Morgan fingerprint density at radius 1 is 1.10 bits per heavy atom. The monoisotopic (exact) mass is 433 g/mol. The minimum atomic E-state index is -0.447. The summed E-state index contributed by atoms with van der Waals surface area (Å²) in [5.41, 5.74) is 4.19. The Morgan fingerprint density at radius 3 is 2.48 bits per heavy atom. The maximum absolute atomic E-state index is 12.3. The lowest BCUT2D eigenvalue weighted by atomic mass is 10.1. The van der Waals surface area contributed by atoms with E-state index in [1.807, 2.05) is 13.8 Å². The Labute approximate surface area is 183 Å². The zero-order chi connectivity index (χ0) is 22.0. The summed E-state index contributed by atoms with van der Waals surface area (Å²) in [7, 11) is 0. The van der Waals surface area contributed by atoms with Crippen LogP contribution in [0.4, 0.5) is 5.69 Å². The number of nitro groups is 1. The molecule has 31 heavy (non-hydrogen) atoms. The van der Waals surface area contributed by atoms with Gasteiger partial charge in [0.15, 0.2) is 5.17 Å². The highest BCUT2D eigenvalue weighted by atomic mass is 32.2. The van der Waals surface area contributed by atoms with Crippen LogP contribution in [0.3, 0.4) is 0 Å². The van der Waals surface area contributed by atoms with Gasteiger partial charge in [0.1, 0.15) is 11.5 Å². The lowest BCUT2D eigenvalue weighted by Gasteiger charge is -2.02. The van der Waals surface area contributed by atoms with E-state index in [9.17, 15) is 14.9 Å². The van der Waals surface area contributed by atoms with Crippen molar-refractivity contribution >= 4 is 34.6 Å². The molecule has 0 aliphatic carbocycles. The number of aliphatic imine (C=N–C) groups is 1. The lowest BCUT2D eigenvalue weighted by Crippen LogP contribution is -2.19. The maximum Gasteiger partial charge on any atom is 0.269 e. The lowest BCUT2D eigenvalue weighted by molar-refractivity contribution is -0.384. The van der Waals surface area contributed by atoms with Gasteiger partial charge in [-0.2, -0.15) is 0 Å². The second-order valence-corrected chi connectivity index (χ2v) is 8.22. The minimum Gasteiger partial charge on any atom is -0.457 e. The minimum absolute atomic E-state index is 0.0179. The fourth-order valence-corrected chi connectivity index (χ4v) is 4.09. The van der Waals surface area contributed by atoms with E-state index in [0.29, 0.717) is 28.1 Å². The molecule has 0 bridgehead atoms. The average molecular weight is 433 g/mol. The first-order chi connectivity index (χ1) is 14.9. The smallest absolute Gasteiger partial charge is 0.269 e. The largest absolute Gasteiger partial charge is 0.457 e. The molecule has 8 heteroatoms. The molecule has 4 rings (SSSR count). The van der Waals surface area contributed by atoms with Crippen molar-refractivity contribution < 1.29 is 14.1 Å². The normalized spacial score (nSPS) is 16.1. The topological polar surface area (TPSA) is 97.7 Å². The standard InChI is InChI=1S/C23H19N3O4S/c1-14-9-15(2)11-16(10-14)13-24-23-25-22(27)21(31-23)12-19-7-8-20(30-19)17-3-5-18(6-4-17)26(28)29/h3-12H,13H2,1-2H3,(H,24,25,27)/b21-12-. The average Bonchev–Trinajstić information content (AvgIpc) is 3.33. The number of nitro benzene ring substituents is 1. The summed E-state index contributed by atoms with van der Waals surface area (Å²) in [6.07, 6.45) is 1.66. The predicted molar refractivity (Wildman–Crippen MR) is 122 cm³/mol. The summed E-state index contributed by atoms with van der Waals surface area (Å²) in [4.78, 5) is 27.6. The molecule has 1 aliphatic rings. The van der Waals surface area contributed by atoms with E-state index in [0.717, 1.165) is 11.1 Å². The van der Waals surface area contributed by atoms with Crippen LogP contribution in [0, 0.1) is 24.0 Å². The SMILES string of the molecule is Cc1cc(C)cc(CN=C2NC(=O)/C(=C/c3ccc(-c4ccc([N+](=O)[O-])cc4)o3)S2)c1. The molecule has 1 aliphatic heterocycles. The number of amidine groups is 1.